The summed E-state index contributed by atoms with van der Waals surface area (Å²) in [5.41, 5.74) is 11.3. The summed E-state index contributed by atoms with van der Waals surface area (Å²) >= 11 is 0. The molecule has 0 aromatic heterocycles. The van der Waals surface area contributed by atoms with Gasteiger partial charge in [-0.25, -0.2) is 0 Å². The van der Waals surface area contributed by atoms with Gasteiger partial charge in [0.1, 0.15) is 0 Å². The average molecular weight is 523 g/mol. The third-order valence-corrected chi connectivity index (χ3v) is 8.67. The van der Waals surface area contributed by atoms with Gasteiger partial charge >= 0.3 is 0 Å². The molecule has 1 aliphatic carbocycles. The minimum absolute atomic E-state index is 0.00998. The molecule has 40 heavy (non-hydrogen) atoms. The molecule has 0 aliphatic heterocycles. The molecular weight excluding hydrogens is 484 g/mol. The SMILES string of the molecule is Cc1ccc(Nc2ccc(C3(c4ccc(Nc5ccc(C)cc5)cc4)CCC(c4ccccc4)CC3)cc2)cc1. The molecule has 5 aromatic rings. The van der Waals surface area contributed by atoms with E-state index in [9.17, 15) is 0 Å². The molecule has 2 heteroatoms. The monoisotopic (exact) mass is 522 g/mol. The van der Waals surface area contributed by atoms with Gasteiger partial charge in [-0.2, -0.15) is 0 Å². The third-order valence-electron chi connectivity index (χ3n) is 8.67. The van der Waals surface area contributed by atoms with Gasteiger partial charge in [-0.05, 0) is 111 Å². The standard InChI is InChI=1S/C38H38N2/c1-28-8-16-34(17-9-28)39-36-20-12-32(13-21-36)38(26-24-31(25-27-38)30-6-4-3-5-7-30)33-14-22-37(23-15-33)40-35-18-10-29(2)11-19-35/h3-23,31,39-40H,24-27H2,1-2H3. The van der Waals surface area contributed by atoms with E-state index in [1.165, 1.54) is 40.7 Å². The minimum Gasteiger partial charge on any atom is -0.356 e. The molecule has 0 amide bonds. The number of hydrogen-bond acceptors (Lipinski definition) is 2. The van der Waals surface area contributed by atoms with Crippen LogP contribution < -0.4 is 10.6 Å². The van der Waals surface area contributed by atoms with Gasteiger partial charge in [-0.3, -0.25) is 0 Å². The Bertz CT molecular complexity index is 1420. The maximum Gasteiger partial charge on any atom is 0.0384 e. The van der Waals surface area contributed by atoms with Crippen LogP contribution in [-0.2, 0) is 5.41 Å². The lowest BCUT2D eigenvalue weighted by Crippen LogP contribution is -2.32. The van der Waals surface area contributed by atoms with Crippen LogP contribution in [0.2, 0.25) is 0 Å². The molecule has 0 heterocycles. The molecule has 0 bridgehead atoms. The summed E-state index contributed by atoms with van der Waals surface area (Å²) in [7, 11) is 0. The fourth-order valence-electron chi connectivity index (χ4n) is 6.27. The highest BCUT2D eigenvalue weighted by atomic mass is 14.9. The van der Waals surface area contributed by atoms with Crippen molar-refractivity contribution in [1.29, 1.82) is 0 Å². The van der Waals surface area contributed by atoms with Crippen LogP contribution in [0.5, 0.6) is 0 Å². The van der Waals surface area contributed by atoms with E-state index >= 15 is 0 Å². The summed E-state index contributed by atoms with van der Waals surface area (Å²) in [6.07, 6.45) is 4.66. The summed E-state index contributed by atoms with van der Waals surface area (Å²) in [4.78, 5) is 0. The molecule has 1 fully saturated rings. The average Bonchev–Trinajstić information content (AvgIpc) is 3.01. The van der Waals surface area contributed by atoms with Crippen molar-refractivity contribution in [1.82, 2.24) is 0 Å². The number of aryl methyl sites for hydroxylation is 2. The first-order chi connectivity index (χ1) is 19.6. The van der Waals surface area contributed by atoms with Crippen LogP contribution in [0.3, 0.4) is 0 Å². The third kappa shape index (κ3) is 5.67. The van der Waals surface area contributed by atoms with Gasteiger partial charge in [0.25, 0.3) is 0 Å². The molecule has 2 nitrogen and oxygen atoms in total. The summed E-state index contributed by atoms with van der Waals surface area (Å²) in [6.45, 7) is 4.24. The molecule has 5 aromatic carbocycles. The first kappa shape index (κ1) is 26.0. The molecular formula is C38H38N2. The van der Waals surface area contributed by atoms with Gasteiger partial charge in [0, 0.05) is 28.2 Å². The number of nitrogens with one attached hydrogen (secondary N) is 2. The maximum absolute atomic E-state index is 3.57. The Morgan fingerprint density at radius 2 is 0.850 bits per heavy atom. The van der Waals surface area contributed by atoms with Gasteiger partial charge in [-0.1, -0.05) is 90.0 Å². The number of benzene rings is 5. The van der Waals surface area contributed by atoms with E-state index < -0.39 is 0 Å². The smallest absolute Gasteiger partial charge is 0.0384 e. The van der Waals surface area contributed by atoms with E-state index in [2.05, 4.69) is 152 Å². The fourth-order valence-corrected chi connectivity index (χ4v) is 6.27. The van der Waals surface area contributed by atoms with E-state index in [1.54, 1.807) is 0 Å². The zero-order valence-corrected chi connectivity index (χ0v) is 23.5. The van der Waals surface area contributed by atoms with Crippen LogP contribution in [0.1, 0.15) is 59.4 Å². The summed E-state index contributed by atoms with van der Waals surface area (Å²) in [6, 6.07) is 46.6. The van der Waals surface area contributed by atoms with Gasteiger partial charge < -0.3 is 10.6 Å². The van der Waals surface area contributed by atoms with Crippen LogP contribution in [0, 0.1) is 13.8 Å². The van der Waals surface area contributed by atoms with E-state index in [4.69, 9.17) is 0 Å². The van der Waals surface area contributed by atoms with E-state index in [0.717, 1.165) is 35.6 Å². The van der Waals surface area contributed by atoms with Gasteiger partial charge in [0.2, 0.25) is 0 Å². The van der Waals surface area contributed by atoms with Crippen molar-refractivity contribution in [3.63, 3.8) is 0 Å². The van der Waals surface area contributed by atoms with Crippen LogP contribution in [0.15, 0.2) is 127 Å². The van der Waals surface area contributed by atoms with Gasteiger partial charge in [0.05, 0.1) is 0 Å². The predicted molar refractivity (Wildman–Crippen MR) is 170 cm³/mol. The molecule has 0 radical (unpaired) electrons. The van der Waals surface area contributed by atoms with Crippen molar-refractivity contribution in [2.45, 2.75) is 50.9 Å². The first-order valence-electron chi connectivity index (χ1n) is 14.5. The molecule has 0 saturated heterocycles. The van der Waals surface area contributed by atoms with Crippen LogP contribution in [-0.4, -0.2) is 0 Å². The highest BCUT2D eigenvalue weighted by molar-refractivity contribution is 5.62. The Labute approximate surface area is 239 Å². The summed E-state index contributed by atoms with van der Waals surface area (Å²) < 4.78 is 0. The second-order valence-electron chi connectivity index (χ2n) is 11.4. The molecule has 2 N–H and O–H groups in total. The van der Waals surface area contributed by atoms with Crippen LogP contribution >= 0.6 is 0 Å². The predicted octanol–water partition coefficient (Wildman–Crippen LogP) is 10.4. The van der Waals surface area contributed by atoms with Crippen LogP contribution in [0.25, 0.3) is 0 Å². The Morgan fingerprint density at radius 3 is 1.25 bits per heavy atom. The fraction of sp³-hybridized carbons (Fsp3) is 0.211. The molecule has 200 valence electrons. The van der Waals surface area contributed by atoms with E-state index in [0.29, 0.717) is 5.92 Å². The lowest BCUT2D eigenvalue weighted by Gasteiger charge is -2.42. The Morgan fingerprint density at radius 1 is 0.475 bits per heavy atom. The molecule has 1 aliphatic rings. The molecule has 0 unspecified atom stereocenters. The van der Waals surface area contributed by atoms with E-state index in [-0.39, 0.29) is 5.41 Å². The zero-order valence-electron chi connectivity index (χ0n) is 23.5. The lowest BCUT2D eigenvalue weighted by molar-refractivity contribution is 0.315. The maximum atomic E-state index is 3.57. The summed E-state index contributed by atoms with van der Waals surface area (Å²) in [5, 5.41) is 7.14. The molecule has 1 saturated carbocycles. The van der Waals surface area contributed by atoms with Gasteiger partial charge in [0.15, 0.2) is 0 Å². The number of hydrogen-bond donors (Lipinski definition) is 2. The Hall–Kier alpha value is -4.30. The van der Waals surface area contributed by atoms with Crippen molar-refractivity contribution >= 4 is 22.7 Å². The second-order valence-corrected chi connectivity index (χ2v) is 11.4. The molecule has 0 spiro atoms. The lowest BCUT2D eigenvalue weighted by atomic mass is 9.62. The Kier molecular flexibility index (Phi) is 7.42. The van der Waals surface area contributed by atoms with E-state index in [1.807, 2.05) is 0 Å². The summed E-state index contributed by atoms with van der Waals surface area (Å²) in [5.74, 6) is 0.624. The van der Waals surface area contributed by atoms with Gasteiger partial charge in [-0.15, -0.1) is 0 Å². The highest BCUT2D eigenvalue weighted by Crippen LogP contribution is 2.49. The highest BCUT2D eigenvalue weighted by Gasteiger charge is 2.38. The van der Waals surface area contributed by atoms with Crippen molar-refractivity contribution in [2.75, 3.05) is 10.6 Å². The minimum atomic E-state index is 0.00998. The first-order valence-corrected chi connectivity index (χ1v) is 14.5. The topological polar surface area (TPSA) is 24.1 Å². The van der Waals surface area contributed by atoms with Crippen molar-refractivity contribution in [3.8, 4) is 0 Å². The Balaban J connectivity index is 1.27. The number of rotatable bonds is 7. The van der Waals surface area contributed by atoms with Crippen molar-refractivity contribution in [2.24, 2.45) is 0 Å². The second kappa shape index (κ2) is 11.4. The molecule has 0 atom stereocenters. The van der Waals surface area contributed by atoms with Crippen molar-refractivity contribution in [3.05, 3.63) is 155 Å². The van der Waals surface area contributed by atoms with Crippen molar-refractivity contribution < 1.29 is 0 Å². The molecule has 6 rings (SSSR count). The zero-order chi connectivity index (χ0) is 27.4. The van der Waals surface area contributed by atoms with Crippen LogP contribution in [0.4, 0.5) is 22.7 Å². The number of anilines is 4. The largest absolute Gasteiger partial charge is 0.356 e. The normalized spacial score (nSPS) is 14.9. The quantitative estimate of drug-likeness (QED) is 0.222.